The van der Waals surface area contributed by atoms with Gasteiger partial charge in [0.15, 0.2) is 6.61 Å². The molecule has 1 atom stereocenters. The number of H-pyrrole nitrogens is 1. The molecule has 1 heterocycles. The van der Waals surface area contributed by atoms with Crippen LogP contribution in [0.5, 0.6) is 0 Å². The molecule has 0 unspecified atom stereocenters. The van der Waals surface area contributed by atoms with E-state index in [9.17, 15) is 19.2 Å². The second-order valence-corrected chi connectivity index (χ2v) is 5.68. The number of nitrogen functional groups attached to an aromatic ring is 1. The Hall–Kier alpha value is -2.64. The monoisotopic (exact) mass is 335 g/mol. The molecule has 130 valence electrons. The summed E-state index contributed by atoms with van der Waals surface area (Å²) >= 11 is 0. The Bertz CT molecular complexity index is 775. The summed E-state index contributed by atoms with van der Waals surface area (Å²) in [6, 6.07) is 0. The highest BCUT2D eigenvalue weighted by Gasteiger charge is 2.24. The highest BCUT2D eigenvalue weighted by molar-refractivity contribution is 6.01. The summed E-state index contributed by atoms with van der Waals surface area (Å²) in [5.74, 6) is -1.66. The van der Waals surface area contributed by atoms with Crippen LogP contribution in [-0.4, -0.2) is 27.9 Å². The average molecular weight is 335 g/mol. The van der Waals surface area contributed by atoms with Gasteiger partial charge in [-0.15, -0.1) is 0 Å². The first-order chi connectivity index (χ1) is 11.5. The molecule has 3 N–H and O–H groups in total. The summed E-state index contributed by atoms with van der Waals surface area (Å²) in [5.41, 5.74) is 3.91. The highest BCUT2D eigenvalue weighted by Crippen LogP contribution is 2.19. The van der Waals surface area contributed by atoms with E-state index in [1.165, 1.54) is 0 Å². The number of ketones is 1. The smallest absolute Gasteiger partial charge is 0.329 e. The highest BCUT2D eigenvalue weighted by atomic mass is 16.5. The summed E-state index contributed by atoms with van der Waals surface area (Å²) in [7, 11) is 0. The van der Waals surface area contributed by atoms with Crippen LogP contribution in [0, 0.1) is 5.92 Å². The Balaban J connectivity index is 2.13. The first kappa shape index (κ1) is 17.7. The number of carbonyl (C=O) groups is 2. The molecule has 1 aromatic rings. The lowest BCUT2D eigenvalue weighted by Crippen LogP contribution is -2.37. The van der Waals surface area contributed by atoms with Gasteiger partial charge in [-0.3, -0.25) is 23.9 Å². The van der Waals surface area contributed by atoms with E-state index < -0.39 is 29.6 Å². The first-order valence-electron chi connectivity index (χ1n) is 7.93. The van der Waals surface area contributed by atoms with Crippen molar-refractivity contribution in [3.63, 3.8) is 0 Å². The Kier molecular flexibility index (Phi) is 5.73. The third kappa shape index (κ3) is 3.81. The van der Waals surface area contributed by atoms with Crippen LogP contribution in [0.3, 0.4) is 0 Å². The number of aromatic nitrogens is 2. The van der Waals surface area contributed by atoms with Gasteiger partial charge in [-0.2, -0.15) is 0 Å². The Labute approximate surface area is 138 Å². The molecule has 1 aliphatic carbocycles. The van der Waals surface area contributed by atoms with Gasteiger partial charge in [-0.25, -0.2) is 4.79 Å². The van der Waals surface area contributed by atoms with Gasteiger partial charge in [0.2, 0.25) is 5.78 Å². The third-order valence-corrected chi connectivity index (χ3v) is 3.91. The fourth-order valence-corrected chi connectivity index (χ4v) is 2.64. The average Bonchev–Trinajstić information content (AvgIpc) is 2.57. The maximum absolute atomic E-state index is 12.2. The number of nitrogens with two attached hydrogens (primary N) is 1. The molecule has 0 saturated carbocycles. The SMILES string of the molecule is CCCn1c(N)c(C(=O)COC(=O)[C@H]2CC=CCC2)c(=O)[nH]c1=O. The van der Waals surface area contributed by atoms with Crippen molar-refractivity contribution >= 4 is 17.6 Å². The molecule has 0 aromatic carbocycles. The van der Waals surface area contributed by atoms with Crippen molar-refractivity contribution in [2.45, 2.75) is 39.2 Å². The van der Waals surface area contributed by atoms with Gasteiger partial charge in [-0.05, 0) is 25.7 Å². The van der Waals surface area contributed by atoms with Crippen LogP contribution in [0.4, 0.5) is 5.82 Å². The predicted octanol–water partition coefficient (Wildman–Crippen LogP) is 0.611. The van der Waals surface area contributed by atoms with Crippen LogP contribution in [0.2, 0.25) is 0 Å². The van der Waals surface area contributed by atoms with Crippen molar-refractivity contribution in [1.82, 2.24) is 9.55 Å². The van der Waals surface area contributed by atoms with E-state index in [0.717, 1.165) is 11.0 Å². The molecule has 2 rings (SSSR count). The normalized spacial score (nSPS) is 16.8. The van der Waals surface area contributed by atoms with Crippen molar-refractivity contribution in [2.75, 3.05) is 12.3 Å². The molecule has 1 aromatic heterocycles. The van der Waals surface area contributed by atoms with Crippen LogP contribution < -0.4 is 17.0 Å². The molecule has 8 heteroatoms. The van der Waals surface area contributed by atoms with Crippen molar-refractivity contribution in [2.24, 2.45) is 5.92 Å². The number of anilines is 1. The molecule has 0 amide bonds. The van der Waals surface area contributed by atoms with Gasteiger partial charge >= 0.3 is 11.7 Å². The number of ether oxygens (including phenoxy) is 1. The van der Waals surface area contributed by atoms with E-state index >= 15 is 0 Å². The lowest BCUT2D eigenvalue weighted by Gasteiger charge is -2.16. The zero-order valence-electron chi connectivity index (χ0n) is 13.5. The van der Waals surface area contributed by atoms with Crippen LogP contribution in [-0.2, 0) is 16.1 Å². The minimum atomic E-state index is -0.869. The molecule has 0 aliphatic heterocycles. The maximum Gasteiger partial charge on any atom is 0.329 e. The van der Waals surface area contributed by atoms with Crippen LogP contribution in [0.25, 0.3) is 0 Å². The lowest BCUT2D eigenvalue weighted by molar-refractivity contribution is -0.147. The van der Waals surface area contributed by atoms with Crippen molar-refractivity contribution < 1.29 is 14.3 Å². The summed E-state index contributed by atoms with van der Waals surface area (Å²) in [5, 5.41) is 0. The second kappa shape index (κ2) is 7.76. The van der Waals surface area contributed by atoms with Gasteiger partial charge < -0.3 is 10.5 Å². The number of Topliss-reactive ketones (excluding diaryl/α,β-unsaturated/α-hetero) is 1. The van der Waals surface area contributed by atoms with Crippen LogP contribution in [0.15, 0.2) is 21.7 Å². The molecule has 1 aliphatic rings. The zero-order valence-corrected chi connectivity index (χ0v) is 13.5. The first-order valence-corrected chi connectivity index (χ1v) is 7.93. The van der Waals surface area contributed by atoms with E-state index in [4.69, 9.17) is 10.5 Å². The molecule has 0 bridgehead atoms. The molecular formula is C16H21N3O5. The predicted molar refractivity (Wildman–Crippen MR) is 87.8 cm³/mol. The quantitative estimate of drug-likeness (QED) is 0.446. The topological polar surface area (TPSA) is 124 Å². The molecule has 0 radical (unpaired) electrons. The third-order valence-electron chi connectivity index (χ3n) is 3.91. The number of carbonyl (C=O) groups excluding carboxylic acids is 2. The number of allylic oxidation sites excluding steroid dienone is 2. The Morgan fingerprint density at radius 3 is 2.75 bits per heavy atom. The van der Waals surface area contributed by atoms with E-state index in [1.807, 2.05) is 19.1 Å². The fourth-order valence-electron chi connectivity index (χ4n) is 2.64. The molecule has 0 saturated heterocycles. The second-order valence-electron chi connectivity index (χ2n) is 5.68. The molecule has 0 fully saturated rings. The van der Waals surface area contributed by atoms with Crippen molar-refractivity contribution in [3.05, 3.63) is 38.6 Å². The number of aromatic amines is 1. The number of esters is 1. The molecule has 8 nitrogen and oxygen atoms in total. The number of hydrogen-bond donors (Lipinski definition) is 2. The summed E-state index contributed by atoms with van der Waals surface area (Å²) in [6.07, 6.45) is 6.55. The number of nitrogens with zero attached hydrogens (tertiary/aromatic N) is 1. The Morgan fingerprint density at radius 1 is 1.38 bits per heavy atom. The van der Waals surface area contributed by atoms with Gasteiger partial charge in [0, 0.05) is 6.54 Å². The Morgan fingerprint density at radius 2 is 2.12 bits per heavy atom. The lowest BCUT2D eigenvalue weighted by atomic mass is 9.95. The van der Waals surface area contributed by atoms with Gasteiger partial charge in [-0.1, -0.05) is 19.1 Å². The van der Waals surface area contributed by atoms with Crippen LogP contribution >= 0.6 is 0 Å². The summed E-state index contributed by atoms with van der Waals surface area (Å²) in [6.45, 7) is 1.53. The number of hydrogen-bond acceptors (Lipinski definition) is 6. The maximum atomic E-state index is 12.2. The van der Waals surface area contributed by atoms with Crippen molar-refractivity contribution in [1.29, 1.82) is 0 Å². The molecule has 24 heavy (non-hydrogen) atoms. The summed E-state index contributed by atoms with van der Waals surface area (Å²) in [4.78, 5) is 49.9. The number of rotatable bonds is 6. The number of nitrogens with one attached hydrogen (secondary N) is 1. The van der Waals surface area contributed by atoms with E-state index in [0.29, 0.717) is 19.3 Å². The standard InChI is InChI=1S/C16H21N3O5/c1-2-8-19-13(17)12(14(21)18-16(19)23)11(20)9-24-15(22)10-6-4-3-5-7-10/h3-4,10H,2,5-9,17H2,1H3,(H,18,21,23)/t10-/m0/s1. The van der Waals surface area contributed by atoms with E-state index in [1.54, 1.807) is 0 Å². The summed E-state index contributed by atoms with van der Waals surface area (Å²) < 4.78 is 6.15. The van der Waals surface area contributed by atoms with Gasteiger partial charge in [0.05, 0.1) is 5.92 Å². The fraction of sp³-hybridized carbons (Fsp3) is 0.500. The van der Waals surface area contributed by atoms with Crippen LogP contribution in [0.1, 0.15) is 43.0 Å². The molecule has 0 spiro atoms. The largest absolute Gasteiger partial charge is 0.457 e. The van der Waals surface area contributed by atoms with Gasteiger partial charge in [0.1, 0.15) is 11.4 Å². The van der Waals surface area contributed by atoms with E-state index in [2.05, 4.69) is 4.98 Å². The van der Waals surface area contributed by atoms with Gasteiger partial charge in [0.25, 0.3) is 5.56 Å². The van der Waals surface area contributed by atoms with E-state index in [-0.39, 0.29) is 23.8 Å². The zero-order chi connectivity index (χ0) is 17.7. The minimum absolute atomic E-state index is 0.202. The molecular weight excluding hydrogens is 314 g/mol. The van der Waals surface area contributed by atoms with Crippen molar-refractivity contribution in [3.8, 4) is 0 Å². The minimum Gasteiger partial charge on any atom is -0.457 e.